The minimum atomic E-state index is -0.321. The average molecular weight is 380 g/mol. The normalized spacial score (nSPS) is 15.9. The maximum absolute atomic E-state index is 13.0. The van der Waals surface area contributed by atoms with Crippen LogP contribution in [0.15, 0.2) is 55.1 Å². The second-order valence-electron chi connectivity index (χ2n) is 6.58. The molecular formula is C21H18ClN3O2. The largest absolute Gasteiger partial charge is 0.507 e. The lowest BCUT2D eigenvalue weighted by atomic mass is 9.95. The smallest absolute Gasteiger partial charge is 0.273 e. The number of carbonyl (C=O) groups excluding carboxylic acids is 1. The molecule has 1 amide bonds. The summed E-state index contributed by atoms with van der Waals surface area (Å²) >= 11 is 6.12. The number of aryl methyl sites for hydroxylation is 1. The van der Waals surface area contributed by atoms with Crippen LogP contribution in [0.3, 0.4) is 0 Å². The number of nitrogens with zero attached hydrogens (tertiary/aromatic N) is 2. The van der Waals surface area contributed by atoms with Crippen molar-refractivity contribution in [2.45, 2.75) is 13.0 Å². The van der Waals surface area contributed by atoms with Crippen LogP contribution in [0.5, 0.6) is 5.75 Å². The number of aromatic amines is 1. The third kappa shape index (κ3) is 2.80. The molecule has 5 nitrogen and oxygen atoms in total. The summed E-state index contributed by atoms with van der Waals surface area (Å²) in [6.07, 6.45) is 1.70. The zero-order valence-electron chi connectivity index (χ0n) is 14.7. The van der Waals surface area contributed by atoms with Crippen LogP contribution < -0.4 is 0 Å². The van der Waals surface area contributed by atoms with Gasteiger partial charge >= 0.3 is 0 Å². The van der Waals surface area contributed by atoms with Crippen molar-refractivity contribution < 1.29 is 9.90 Å². The van der Waals surface area contributed by atoms with Gasteiger partial charge in [-0.2, -0.15) is 5.10 Å². The van der Waals surface area contributed by atoms with Crippen molar-refractivity contribution in [2.75, 3.05) is 6.54 Å². The molecule has 6 heteroatoms. The summed E-state index contributed by atoms with van der Waals surface area (Å²) in [7, 11) is 0. The Morgan fingerprint density at radius 3 is 2.74 bits per heavy atom. The molecule has 2 heterocycles. The van der Waals surface area contributed by atoms with Crippen LogP contribution in [0.4, 0.5) is 0 Å². The quantitative estimate of drug-likeness (QED) is 0.657. The number of hydrogen-bond donors (Lipinski definition) is 2. The Bertz CT molecular complexity index is 1040. The van der Waals surface area contributed by atoms with Gasteiger partial charge in [-0.3, -0.25) is 9.89 Å². The lowest BCUT2D eigenvalue weighted by Gasteiger charge is -2.25. The van der Waals surface area contributed by atoms with Crippen LogP contribution in [0.1, 0.15) is 33.2 Å². The minimum absolute atomic E-state index is 0.0611. The number of H-pyrrole nitrogens is 1. The van der Waals surface area contributed by atoms with Crippen molar-refractivity contribution in [3.63, 3.8) is 0 Å². The van der Waals surface area contributed by atoms with E-state index in [1.165, 1.54) is 6.07 Å². The summed E-state index contributed by atoms with van der Waals surface area (Å²) in [6.45, 7) is 6.20. The highest BCUT2D eigenvalue weighted by atomic mass is 35.5. The van der Waals surface area contributed by atoms with E-state index in [2.05, 4.69) is 16.8 Å². The fraction of sp³-hybridized carbons (Fsp3) is 0.143. The first-order valence-electron chi connectivity index (χ1n) is 8.57. The number of rotatable bonds is 4. The van der Waals surface area contributed by atoms with E-state index in [0.717, 1.165) is 16.7 Å². The molecule has 2 N–H and O–H groups in total. The van der Waals surface area contributed by atoms with E-state index >= 15 is 0 Å². The molecule has 0 bridgehead atoms. The predicted octanol–water partition coefficient (Wildman–Crippen LogP) is 4.48. The Hall–Kier alpha value is -3.05. The lowest BCUT2D eigenvalue weighted by Crippen LogP contribution is -2.29. The average Bonchev–Trinajstić information content (AvgIpc) is 3.19. The molecular weight excluding hydrogens is 362 g/mol. The van der Waals surface area contributed by atoms with Gasteiger partial charge in [-0.25, -0.2) is 0 Å². The Morgan fingerprint density at radius 1 is 1.30 bits per heavy atom. The minimum Gasteiger partial charge on any atom is -0.507 e. The molecule has 136 valence electrons. The number of carbonyl (C=O) groups is 1. The van der Waals surface area contributed by atoms with E-state index < -0.39 is 0 Å². The van der Waals surface area contributed by atoms with Crippen molar-refractivity contribution >= 4 is 17.5 Å². The number of aromatic hydroxyl groups is 1. The van der Waals surface area contributed by atoms with Crippen LogP contribution in [0.2, 0.25) is 5.02 Å². The number of phenols is 1. The second-order valence-corrected chi connectivity index (χ2v) is 7.02. The molecule has 3 aromatic rings. The molecule has 1 unspecified atom stereocenters. The highest BCUT2D eigenvalue weighted by Crippen LogP contribution is 2.44. The fourth-order valence-corrected chi connectivity index (χ4v) is 3.69. The number of fused-ring (bicyclic) bond motifs is 1. The van der Waals surface area contributed by atoms with Crippen molar-refractivity contribution in [3.05, 3.63) is 82.5 Å². The molecule has 0 saturated heterocycles. The standard InChI is InChI=1S/C21H18ClN3O2/c1-3-10-25-20(13-6-4-12(2)5-7-13)17-18(23-24-19(17)21(25)27)15-11-14(22)8-9-16(15)26/h3-9,11,20,26H,1,10H2,2H3,(H,23,24). The molecule has 0 fully saturated rings. The maximum Gasteiger partial charge on any atom is 0.273 e. The first-order chi connectivity index (χ1) is 13.0. The number of hydrogen-bond acceptors (Lipinski definition) is 3. The summed E-state index contributed by atoms with van der Waals surface area (Å²) < 4.78 is 0. The van der Waals surface area contributed by atoms with Crippen molar-refractivity contribution in [1.29, 1.82) is 0 Å². The SMILES string of the molecule is C=CCN1C(=O)c2[nH]nc(-c3cc(Cl)ccc3O)c2C1c1ccc(C)cc1. The molecule has 2 aromatic carbocycles. The molecule has 0 spiro atoms. The van der Waals surface area contributed by atoms with Crippen molar-refractivity contribution in [2.24, 2.45) is 0 Å². The zero-order valence-corrected chi connectivity index (χ0v) is 15.5. The van der Waals surface area contributed by atoms with E-state index in [1.54, 1.807) is 23.1 Å². The first kappa shape index (κ1) is 17.4. The summed E-state index contributed by atoms with van der Waals surface area (Å²) in [5, 5.41) is 18.0. The molecule has 0 aliphatic carbocycles. The highest BCUT2D eigenvalue weighted by molar-refractivity contribution is 6.31. The Morgan fingerprint density at radius 2 is 2.04 bits per heavy atom. The molecule has 4 rings (SSSR count). The van der Waals surface area contributed by atoms with E-state index in [4.69, 9.17) is 11.6 Å². The lowest BCUT2D eigenvalue weighted by molar-refractivity contribution is 0.0764. The Labute approximate surface area is 161 Å². The third-order valence-corrected chi connectivity index (χ3v) is 5.03. The maximum atomic E-state index is 13.0. The molecule has 1 aromatic heterocycles. The van der Waals surface area contributed by atoms with Gasteiger partial charge in [0.1, 0.15) is 17.1 Å². The summed E-state index contributed by atoms with van der Waals surface area (Å²) in [4.78, 5) is 14.7. The van der Waals surface area contributed by atoms with Crippen LogP contribution in [0, 0.1) is 6.92 Å². The van der Waals surface area contributed by atoms with Gasteiger partial charge < -0.3 is 10.0 Å². The molecule has 0 radical (unpaired) electrons. The molecule has 1 atom stereocenters. The van der Waals surface area contributed by atoms with Crippen molar-refractivity contribution in [3.8, 4) is 17.0 Å². The van der Waals surface area contributed by atoms with Gasteiger partial charge in [-0.05, 0) is 30.7 Å². The number of nitrogens with one attached hydrogen (secondary N) is 1. The van der Waals surface area contributed by atoms with Gasteiger partial charge in [0, 0.05) is 22.7 Å². The van der Waals surface area contributed by atoms with Crippen LogP contribution in [0.25, 0.3) is 11.3 Å². The number of phenolic OH excluding ortho intramolecular Hbond substituents is 1. The summed E-state index contributed by atoms with van der Waals surface area (Å²) in [5.41, 5.74) is 4.29. The van der Waals surface area contributed by atoms with Crippen LogP contribution >= 0.6 is 11.6 Å². The monoisotopic (exact) mass is 379 g/mol. The number of benzene rings is 2. The molecule has 1 aliphatic rings. The molecule has 0 saturated carbocycles. The summed E-state index contributed by atoms with van der Waals surface area (Å²) in [6, 6.07) is 12.5. The van der Waals surface area contributed by atoms with E-state index in [1.807, 2.05) is 31.2 Å². The Kier molecular flexibility index (Phi) is 4.24. The van der Waals surface area contributed by atoms with Crippen LogP contribution in [-0.2, 0) is 0 Å². The van der Waals surface area contributed by atoms with Gasteiger partial charge in [-0.1, -0.05) is 47.5 Å². The third-order valence-electron chi connectivity index (χ3n) is 4.80. The highest BCUT2D eigenvalue weighted by Gasteiger charge is 2.41. The second kappa shape index (κ2) is 6.59. The van der Waals surface area contributed by atoms with Gasteiger partial charge in [0.25, 0.3) is 5.91 Å². The Balaban J connectivity index is 1.93. The van der Waals surface area contributed by atoms with E-state index in [9.17, 15) is 9.90 Å². The topological polar surface area (TPSA) is 69.2 Å². The number of amides is 1. The van der Waals surface area contributed by atoms with Gasteiger partial charge in [-0.15, -0.1) is 6.58 Å². The number of aromatic nitrogens is 2. The van der Waals surface area contributed by atoms with E-state index in [-0.39, 0.29) is 17.7 Å². The van der Waals surface area contributed by atoms with Gasteiger partial charge in [0.2, 0.25) is 0 Å². The first-order valence-corrected chi connectivity index (χ1v) is 8.94. The van der Waals surface area contributed by atoms with E-state index in [0.29, 0.717) is 28.5 Å². The van der Waals surface area contributed by atoms with Gasteiger partial charge in [0.05, 0.1) is 6.04 Å². The fourth-order valence-electron chi connectivity index (χ4n) is 3.52. The summed E-state index contributed by atoms with van der Waals surface area (Å²) in [5.74, 6) is -0.0817. The van der Waals surface area contributed by atoms with Crippen LogP contribution in [-0.4, -0.2) is 32.7 Å². The predicted molar refractivity (Wildman–Crippen MR) is 105 cm³/mol. The van der Waals surface area contributed by atoms with Crippen molar-refractivity contribution in [1.82, 2.24) is 15.1 Å². The molecule has 27 heavy (non-hydrogen) atoms. The zero-order chi connectivity index (χ0) is 19.1. The van der Waals surface area contributed by atoms with Gasteiger partial charge in [0.15, 0.2) is 0 Å². The number of halogens is 1. The molecule has 1 aliphatic heterocycles.